The summed E-state index contributed by atoms with van der Waals surface area (Å²) in [5.41, 5.74) is 7.66. The molecule has 3 rings (SSSR count). The molecule has 27 heavy (non-hydrogen) atoms. The molecule has 6 heteroatoms. The molecule has 0 radical (unpaired) electrons. The third kappa shape index (κ3) is 5.60. The number of halogens is 2. The van der Waals surface area contributed by atoms with E-state index in [0.717, 1.165) is 25.9 Å². The van der Waals surface area contributed by atoms with Crippen molar-refractivity contribution in [2.45, 2.75) is 51.6 Å². The SMILES string of the molecule is CCN(CC)C(CNC(=O)C1C2CCC(C2)C1N)Cc1ccccc1.Cl.Cl. The monoisotopic (exact) mass is 415 g/mol. The smallest absolute Gasteiger partial charge is 0.225 e. The van der Waals surface area contributed by atoms with Gasteiger partial charge in [-0.05, 0) is 56.2 Å². The first kappa shape index (κ1) is 24.2. The average molecular weight is 416 g/mol. The second-order valence-electron chi connectivity index (χ2n) is 7.75. The molecule has 2 fully saturated rings. The molecule has 2 aliphatic rings. The molecule has 0 heterocycles. The Hall–Kier alpha value is -0.810. The topological polar surface area (TPSA) is 58.4 Å². The van der Waals surface area contributed by atoms with Gasteiger partial charge in [0.05, 0.1) is 5.92 Å². The minimum absolute atomic E-state index is 0. The van der Waals surface area contributed by atoms with Gasteiger partial charge < -0.3 is 11.1 Å². The average Bonchev–Trinajstić information content (AvgIpc) is 3.22. The lowest BCUT2D eigenvalue weighted by Gasteiger charge is -2.32. The van der Waals surface area contributed by atoms with E-state index in [1.54, 1.807) is 0 Å². The Bertz CT molecular complexity index is 566. The predicted molar refractivity (Wildman–Crippen MR) is 117 cm³/mol. The molecule has 154 valence electrons. The Labute approximate surface area is 176 Å². The summed E-state index contributed by atoms with van der Waals surface area (Å²) in [6, 6.07) is 11.0. The number of hydrogen-bond donors (Lipinski definition) is 2. The summed E-state index contributed by atoms with van der Waals surface area (Å²) < 4.78 is 0. The van der Waals surface area contributed by atoms with Crippen molar-refractivity contribution in [1.29, 1.82) is 0 Å². The molecule has 0 spiro atoms. The molecule has 0 aliphatic heterocycles. The van der Waals surface area contributed by atoms with Crippen LogP contribution >= 0.6 is 24.8 Å². The molecule has 2 aliphatic carbocycles. The highest BCUT2D eigenvalue weighted by molar-refractivity contribution is 5.85. The van der Waals surface area contributed by atoms with Gasteiger partial charge in [0.1, 0.15) is 0 Å². The van der Waals surface area contributed by atoms with Gasteiger partial charge in [0.15, 0.2) is 0 Å². The summed E-state index contributed by atoms with van der Waals surface area (Å²) in [4.78, 5) is 15.2. The molecular formula is C21H35Cl2N3O. The number of nitrogens with zero attached hydrogens (tertiary/aromatic N) is 1. The lowest BCUT2D eigenvalue weighted by atomic mass is 9.84. The van der Waals surface area contributed by atoms with Gasteiger partial charge in [-0.15, -0.1) is 24.8 Å². The van der Waals surface area contributed by atoms with Crippen molar-refractivity contribution in [3.05, 3.63) is 35.9 Å². The maximum atomic E-state index is 12.8. The van der Waals surface area contributed by atoms with Crippen molar-refractivity contribution >= 4 is 30.7 Å². The maximum Gasteiger partial charge on any atom is 0.225 e. The second-order valence-corrected chi connectivity index (χ2v) is 7.75. The van der Waals surface area contributed by atoms with Crippen LogP contribution < -0.4 is 11.1 Å². The molecule has 1 aromatic rings. The molecule has 0 saturated heterocycles. The van der Waals surface area contributed by atoms with Gasteiger partial charge in [-0.1, -0.05) is 44.2 Å². The number of amides is 1. The fraction of sp³-hybridized carbons (Fsp3) is 0.667. The van der Waals surface area contributed by atoms with E-state index in [9.17, 15) is 4.79 Å². The molecule has 4 nitrogen and oxygen atoms in total. The van der Waals surface area contributed by atoms with Crippen LogP contribution in [0.3, 0.4) is 0 Å². The maximum absolute atomic E-state index is 12.8. The van der Waals surface area contributed by atoms with Crippen LogP contribution in [0.25, 0.3) is 0 Å². The first-order valence-electron chi connectivity index (χ1n) is 9.95. The van der Waals surface area contributed by atoms with Gasteiger partial charge in [-0.3, -0.25) is 9.69 Å². The number of rotatable bonds is 8. The van der Waals surface area contributed by atoms with Crippen LogP contribution in [0.15, 0.2) is 30.3 Å². The molecule has 1 amide bonds. The van der Waals surface area contributed by atoms with Gasteiger partial charge in [-0.25, -0.2) is 0 Å². The number of likely N-dealkylation sites (N-methyl/N-ethyl adjacent to an activating group) is 1. The summed E-state index contributed by atoms with van der Waals surface area (Å²) in [6.45, 7) is 7.08. The van der Waals surface area contributed by atoms with E-state index in [4.69, 9.17) is 5.73 Å². The van der Waals surface area contributed by atoms with Crippen LogP contribution in [-0.2, 0) is 11.2 Å². The van der Waals surface area contributed by atoms with E-state index in [1.165, 1.54) is 18.4 Å². The van der Waals surface area contributed by atoms with Gasteiger partial charge in [0.25, 0.3) is 0 Å². The molecule has 3 N–H and O–H groups in total. The quantitative estimate of drug-likeness (QED) is 0.684. The van der Waals surface area contributed by atoms with Gasteiger partial charge in [0, 0.05) is 18.6 Å². The van der Waals surface area contributed by atoms with Gasteiger partial charge >= 0.3 is 0 Å². The number of carbonyl (C=O) groups is 1. The van der Waals surface area contributed by atoms with Crippen LogP contribution in [0.4, 0.5) is 0 Å². The van der Waals surface area contributed by atoms with Crippen molar-refractivity contribution in [3.63, 3.8) is 0 Å². The molecule has 1 aromatic carbocycles. The number of fused-ring (bicyclic) bond motifs is 2. The van der Waals surface area contributed by atoms with Crippen molar-refractivity contribution in [1.82, 2.24) is 10.2 Å². The fourth-order valence-electron chi connectivity index (χ4n) is 5.02. The van der Waals surface area contributed by atoms with E-state index in [1.807, 2.05) is 6.07 Å². The third-order valence-electron chi connectivity index (χ3n) is 6.44. The predicted octanol–water partition coefficient (Wildman–Crippen LogP) is 3.27. The number of nitrogens with one attached hydrogen (secondary N) is 1. The summed E-state index contributed by atoms with van der Waals surface area (Å²) in [6.07, 6.45) is 4.51. The Morgan fingerprint density at radius 3 is 2.33 bits per heavy atom. The largest absolute Gasteiger partial charge is 0.354 e. The summed E-state index contributed by atoms with van der Waals surface area (Å²) in [5.74, 6) is 1.31. The molecule has 2 saturated carbocycles. The van der Waals surface area contributed by atoms with Crippen LogP contribution in [0.5, 0.6) is 0 Å². The molecule has 5 unspecified atom stereocenters. The van der Waals surface area contributed by atoms with E-state index in [2.05, 4.69) is 48.3 Å². The van der Waals surface area contributed by atoms with Crippen LogP contribution in [0, 0.1) is 17.8 Å². The Morgan fingerprint density at radius 2 is 1.78 bits per heavy atom. The molecule has 5 atom stereocenters. The Kier molecular flexibility index (Phi) is 10.1. The summed E-state index contributed by atoms with van der Waals surface area (Å²) in [7, 11) is 0. The normalized spacial score (nSPS) is 27.0. The highest BCUT2D eigenvalue weighted by Crippen LogP contribution is 2.47. The van der Waals surface area contributed by atoms with Gasteiger partial charge in [-0.2, -0.15) is 0 Å². The zero-order valence-electron chi connectivity index (χ0n) is 16.5. The lowest BCUT2D eigenvalue weighted by molar-refractivity contribution is -0.127. The van der Waals surface area contributed by atoms with Crippen molar-refractivity contribution < 1.29 is 4.79 Å². The minimum atomic E-state index is 0. The van der Waals surface area contributed by atoms with E-state index in [-0.39, 0.29) is 42.7 Å². The minimum Gasteiger partial charge on any atom is -0.354 e. The zero-order chi connectivity index (χ0) is 17.8. The van der Waals surface area contributed by atoms with Gasteiger partial charge in [0.2, 0.25) is 5.91 Å². The van der Waals surface area contributed by atoms with E-state index < -0.39 is 0 Å². The van der Waals surface area contributed by atoms with Crippen molar-refractivity contribution in [3.8, 4) is 0 Å². The Morgan fingerprint density at radius 1 is 1.15 bits per heavy atom. The first-order chi connectivity index (χ1) is 12.1. The standard InChI is InChI=1S/C21H33N3O.2ClH/c1-3-24(4-2)18(12-15-8-6-5-7-9-15)14-23-21(25)19-16-10-11-17(13-16)20(19)22;;/h5-9,16-20H,3-4,10-14,22H2,1-2H3,(H,23,25);2*1H. The highest BCUT2D eigenvalue weighted by Gasteiger charge is 2.49. The van der Waals surface area contributed by atoms with Crippen LogP contribution in [0.1, 0.15) is 38.7 Å². The number of nitrogens with two attached hydrogens (primary N) is 1. The highest BCUT2D eigenvalue weighted by atomic mass is 35.5. The summed E-state index contributed by atoms with van der Waals surface area (Å²) in [5, 5.41) is 3.25. The number of hydrogen-bond acceptors (Lipinski definition) is 3. The number of benzene rings is 1. The third-order valence-corrected chi connectivity index (χ3v) is 6.44. The zero-order valence-corrected chi connectivity index (χ0v) is 18.1. The Balaban J connectivity index is 0.00000182. The molecular weight excluding hydrogens is 381 g/mol. The van der Waals surface area contributed by atoms with E-state index in [0.29, 0.717) is 24.4 Å². The van der Waals surface area contributed by atoms with Crippen LogP contribution in [-0.4, -0.2) is 42.5 Å². The van der Waals surface area contributed by atoms with Crippen molar-refractivity contribution in [2.75, 3.05) is 19.6 Å². The molecule has 0 aromatic heterocycles. The summed E-state index contributed by atoms with van der Waals surface area (Å²) >= 11 is 0. The van der Waals surface area contributed by atoms with Crippen LogP contribution in [0.2, 0.25) is 0 Å². The van der Waals surface area contributed by atoms with E-state index >= 15 is 0 Å². The lowest BCUT2D eigenvalue weighted by Crippen LogP contribution is -2.50. The molecule has 2 bridgehead atoms. The second kappa shape index (κ2) is 11.3. The first-order valence-corrected chi connectivity index (χ1v) is 9.95. The number of carbonyl (C=O) groups excluding carboxylic acids is 1. The fourth-order valence-corrected chi connectivity index (χ4v) is 5.02. The van der Waals surface area contributed by atoms with Crippen molar-refractivity contribution in [2.24, 2.45) is 23.5 Å².